The number of hydrogen-bond acceptors (Lipinski definition) is 4. The van der Waals surface area contributed by atoms with Gasteiger partial charge in [-0.05, 0) is 25.1 Å². The molecule has 2 aromatic rings. The molecular formula is C18H13BrN2O4. The summed E-state index contributed by atoms with van der Waals surface area (Å²) >= 11 is 3.26. The summed E-state index contributed by atoms with van der Waals surface area (Å²) < 4.78 is 5.29. The lowest BCUT2D eigenvalue weighted by molar-refractivity contribution is -0.139. The van der Waals surface area contributed by atoms with Crippen LogP contribution in [0.1, 0.15) is 33.2 Å². The van der Waals surface area contributed by atoms with E-state index in [-0.39, 0.29) is 17.7 Å². The minimum absolute atomic E-state index is 0.0152. The molecule has 0 radical (unpaired) electrons. The first-order chi connectivity index (χ1) is 12.0. The Morgan fingerprint density at radius 2 is 1.76 bits per heavy atom. The first kappa shape index (κ1) is 18.4. The zero-order chi connectivity index (χ0) is 18.4. The Kier molecular flexibility index (Phi) is 6.11. The van der Waals surface area contributed by atoms with E-state index in [1.54, 1.807) is 43.3 Å². The van der Waals surface area contributed by atoms with Crippen molar-refractivity contribution in [3.8, 4) is 0 Å². The lowest BCUT2D eigenvalue weighted by Gasteiger charge is -2.07. The molecule has 2 aromatic carbocycles. The van der Waals surface area contributed by atoms with Crippen molar-refractivity contribution in [2.45, 2.75) is 6.92 Å². The predicted octanol–water partition coefficient (Wildman–Crippen LogP) is 3.10. The fourth-order valence-corrected chi connectivity index (χ4v) is 2.51. The highest BCUT2D eigenvalue weighted by atomic mass is 79.9. The van der Waals surface area contributed by atoms with Gasteiger partial charge in [0.25, 0.3) is 5.78 Å². The van der Waals surface area contributed by atoms with Gasteiger partial charge in [-0.2, -0.15) is 4.79 Å². The van der Waals surface area contributed by atoms with Crippen LogP contribution in [0.3, 0.4) is 0 Å². The van der Waals surface area contributed by atoms with Crippen LogP contribution >= 0.6 is 15.9 Å². The molecule has 0 atom stereocenters. The van der Waals surface area contributed by atoms with Crippen LogP contribution in [0.4, 0.5) is 0 Å². The van der Waals surface area contributed by atoms with E-state index in [1.807, 2.05) is 0 Å². The Hall–Kier alpha value is -2.89. The van der Waals surface area contributed by atoms with Crippen LogP contribution in [0.25, 0.3) is 5.53 Å². The van der Waals surface area contributed by atoms with Gasteiger partial charge in [-0.3, -0.25) is 9.59 Å². The van der Waals surface area contributed by atoms with E-state index in [1.165, 1.54) is 12.1 Å². The molecule has 0 saturated carbocycles. The maximum Gasteiger partial charge on any atom is 0.446 e. The summed E-state index contributed by atoms with van der Waals surface area (Å²) in [5.74, 6) is -2.35. The van der Waals surface area contributed by atoms with Crippen LogP contribution in [-0.2, 0) is 9.53 Å². The van der Waals surface area contributed by atoms with Gasteiger partial charge < -0.3 is 10.3 Å². The third-order valence-electron chi connectivity index (χ3n) is 3.29. The Bertz CT molecular complexity index is 887. The van der Waals surface area contributed by atoms with Gasteiger partial charge in [-0.1, -0.05) is 46.3 Å². The number of rotatable bonds is 6. The van der Waals surface area contributed by atoms with Crippen molar-refractivity contribution >= 4 is 39.2 Å². The van der Waals surface area contributed by atoms with Gasteiger partial charge in [-0.15, -0.1) is 0 Å². The second kappa shape index (κ2) is 8.28. The third-order valence-corrected chi connectivity index (χ3v) is 3.78. The molecule has 7 heteroatoms. The second-order valence-electron chi connectivity index (χ2n) is 4.88. The largest absolute Gasteiger partial charge is 0.457 e. The van der Waals surface area contributed by atoms with Crippen LogP contribution in [-0.4, -0.2) is 34.6 Å². The maximum absolute atomic E-state index is 12.7. The number of esters is 1. The molecule has 0 heterocycles. The molecule has 0 spiro atoms. The summed E-state index contributed by atoms with van der Waals surface area (Å²) in [7, 11) is 0. The van der Waals surface area contributed by atoms with Crippen molar-refractivity contribution in [2.75, 3.05) is 6.61 Å². The van der Waals surface area contributed by atoms with E-state index in [0.717, 1.165) is 0 Å². The van der Waals surface area contributed by atoms with Crippen molar-refractivity contribution in [1.82, 2.24) is 0 Å². The summed E-state index contributed by atoms with van der Waals surface area (Å²) in [6.07, 6.45) is 0. The highest BCUT2D eigenvalue weighted by Gasteiger charge is 2.34. The zero-order valence-corrected chi connectivity index (χ0v) is 14.8. The molecule has 25 heavy (non-hydrogen) atoms. The molecule has 0 aliphatic carbocycles. The van der Waals surface area contributed by atoms with Crippen molar-refractivity contribution in [1.29, 1.82) is 0 Å². The van der Waals surface area contributed by atoms with Gasteiger partial charge in [0, 0.05) is 21.2 Å². The molecule has 0 amide bonds. The molecule has 0 fully saturated rings. The topological polar surface area (TPSA) is 96.8 Å². The maximum atomic E-state index is 12.7. The summed E-state index contributed by atoms with van der Waals surface area (Å²) in [5, 5.41) is 0. The van der Waals surface area contributed by atoms with Gasteiger partial charge in [0.1, 0.15) is 0 Å². The summed E-state index contributed by atoms with van der Waals surface area (Å²) in [6.45, 7) is 1.57. The first-order valence-electron chi connectivity index (χ1n) is 7.32. The number of nitrogens with zero attached hydrogens (tertiary/aromatic N) is 2. The number of hydrogen-bond donors (Lipinski definition) is 0. The number of ether oxygens (including phenoxy) is 1. The smallest absolute Gasteiger partial charge is 0.446 e. The number of ketones is 2. The van der Waals surface area contributed by atoms with Crippen LogP contribution in [0.5, 0.6) is 0 Å². The lowest BCUT2D eigenvalue weighted by Crippen LogP contribution is -2.29. The molecule has 6 nitrogen and oxygen atoms in total. The van der Waals surface area contributed by atoms with Crippen molar-refractivity contribution in [2.24, 2.45) is 0 Å². The van der Waals surface area contributed by atoms with Crippen LogP contribution in [0.15, 0.2) is 53.0 Å². The van der Waals surface area contributed by atoms with E-state index in [9.17, 15) is 14.4 Å². The molecule has 0 N–H and O–H groups in total. The van der Waals surface area contributed by atoms with Crippen molar-refractivity contribution in [3.05, 3.63) is 75.2 Å². The molecular weight excluding hydrogens is 388 g/mol. The third kappa shape index (κ3) is 4.15. The number of carbonyl (C=O) groups excluding carboxylic acids is 3. The first-order valence-corrected chi connectivity index (χ1v) is 8.12. The Morgan fingerprint density at radius 3 is 2.36 bits per heavy atom. The van der Waals surface area contributed by atoms with Gasteiger partial charge in [0.15, 0.2) is 5.78 Å². The Balaban J connectivity index is 2.52. The summed E-state index contributed by atoms with van der Waals surface area (Å²) in [5.41, 5.74) is 8.65. The quantitative estimate of drug-likeness (QED) is 0.186. The average Bonchev–Trinajstić information content (AvgIpc) is 2.62. The molecule has 0 unspecified atom stereocenters. The van der Waals surface area contributed by atoms with Gasteiger partial charge in [-0.25, -0.2) is 4.79 Å². The van der Waals surface area contributed by atoms with Gasteiger partial charge >= 0.3 is 11.7 Å². The highest BCUT2D eigenvalue weighted by Crippen LogP contribution is 2.21. The molecule has 126 valence electrons. The van der Waals surface area contributed by atoms with Crippen LogP contribution in [0, 0.1) is 0 Å². The van der Waals surface area contributed by atoms with Gasteiger partial charge in [0.2, 0.25) is 0 Å². The van der Waals surface area contributed by atoms with Gasteiger partial charge in [0.05, 0.1) is 6.61 Å². The highest BCUT2D eigenvalue weighted by molar-refractivity contribution is 9.10. The molecule has 2 rings (SSSR count). The van der Waals surface area contributed by atoms with E-state index >= 15 is 0 Å². The number of Topliss-reactive ketones (excluding diaryl/α,β-unsaturated/α-hetero) is 1. The fourth-order valence-electron chi connectivity index (χ4n) is 2.15. The minimum atomic E-state index is -1.06. The molecule has 0 aliphatic heterocycles. The van der Waals surface area contributed by atoms with Crippen LogP contribution in [0.2, 0.25) is 0 Å². The molecule has 0 bridgehead atoms. The van der Waals surface area contributed by atoms with E-state index in [4.69, 9.17) is 10.3 Å². The predicted molar refractivity (Wildman–Crippen MR) is 93.6 cm³/mol. The van der Waals surface area contributed by atoms with E-state index in [2.05, 4.69) is 20.7 Å². The molecule has 0 aliphatic rings. The standard InChI is InChI=1S/C18H13BrN2O4/c1-2-25-18(24)15(21-20)17(23)13-9-8-12(19)10-14(13)16(22)11-6-4-3-5-7-11/h3-10H,2H2,1H3. The van der Waals surface area contributed by atoms with Crippen LogP contribution < -0.4 is 0 Å². The zero-order valence-electron chi connectivity index (χ0n) is 13.2. The fraction of sp³-hybridized carbons (Fsp3) is 0.111. The summed E-state index contributed by atoms with van der Waals surface area (Å²) in [6, 6.07) is 12.8. The molecule has 0 saturated heterocycles. The monoisotopic (exact) mass is 400 g/mol. The number of carbonyl (C=O) groups is 3. The number of benzene rings is 2. The SMILES string of the molecule is CCOC(=O)C(=[N+]=[N-])C(=O)c1ccc(Br)cc1C(=O)c1ccccc1. The van der Waals surface area contributed by atoms with E-state index < -0.39 is 23.2 Å². The van der Waals surface area contributed by atoms with E-state index in [0.29, 0.717) is 10.0 Å². The number of halogens is 1. The average molecular weight is 401 g/mol. The minimum Gasteiger partial charge on any atom is -0.457 e. The van der Waals surface area contributed by atoms with Crippen molar-refractivity contribution in [3.63, 3.8) is 0 Å². The normalized spacial score (nSPS) is 9.84. The lowest BCUT2D eigenvalue weighted by atomic mass is 9.94. The Labute approximate surface area is 152 Å². The second-order valence-corrected chi connectivity index (χ2v) is 5.80. The van der Waals surface area contributed by atoms with Crippen molar-refractivity contribution < 1.29 is 23.9 Å². The summed E-state index contributed by atoms with van der Waals surface area (Å²) in [4.78, 5) is 39.9. The molecule has 0 aromatic heterocycles. The Morgan fingerprint density at radius 1 is 1.08 bits per heavy atom.